The van der Waals surface area contributed by atoms with Gasteiger partial charge in [0, 0.05) is 11.6 Å². The molecule has 4 heteroatoms. The molecule has 19 heavy (non-hydrogen) atoms. The number of fused-ring (bicyclic) bond motifs is 1. The number of rotatable bonds is 3. The normalized spacial score (nSPS) is 12.7. The van der Waals surface area contributed by atoms with Gasteiger partial charge in [0.2, 0.25) is 0 Å². The van der Waals surface area contributed by atoms with Gasteiger partial charge < -0.3 is 9.73 Å². The molecule has 0 aliphatic heterocycles. The minimum atomic E-state index is -0.0595. The van der Waals surface area contributed by atoms with Crippen LogP contribution in [0.4, 0.5) is 0 Å². The molecule has 0 amide bonds. The van der Waals surface area contributed by atoms with Gasteiger partial charge in [0.25, 0.3) is 0 Å². The molecule has 96 valence electrons. The average molecular weight is 253 g/mol. The first-order valence-electron chi connectivity index (χ1n) is 6.21. The van der Waals surface area contributed by atoms with E-state index in [9.17, 15) is 0 Å². The third-order valence-electron chi connectivity index (χ3n) is 3.16. The predicted molar refractivity (Wildman–Crippen MR) is 73.9 cm³/mol. The fourth-order valence-electron chi connectivity index (χ4n) is 2.23. The van der Waals surface area contributed by atoms with E-state index in [4.69, 9.17) is 4.42 Å². The summed E-state index contributed by atoms with van der Waals surface area (Å²) in [6.45, 7) is 2.08. The number of aromatic nitrogens is 2. The Kier molecular flexibility index (Phi) is 3.01. The first-order chi connectivity index (χ1) is 9.28. The molecule has 4 nitrogen and oxygen atoms in total. The van der Waals surface area contributed by atoms with Crippen LogP contribution in [0.1, 0.15) is 23.1 Å². The molecule has 0 spiro atoms. The average Bonchev–Trinajstić information content (AvgIpc) is 2.83. The van der Waals surface area contributed by atoms with Gasteiger partial charge in [0.15, 0.2) is 0 Å². The van der Waals surface area contributed by atoms with Crippen LogP contribution >= 0.6 is 0 Å². The Hall–Kier alpha value is -2.20. The lowest BCUT2D eigenvalue weighted by atomic mass is 10.1. The zero-order valence-electron chi connectivity index (χ0n) is 10.9. The number of nitrogens with zero attached hydrogens (tertiary/aromatic N) is 2. The van der Waals surface area contributed by atoms with E-state index >= 15 is 0 Å². The van der Waals surface area contributed by atoms with Gasteiger partial charge in [-0.1, -0.05) is 11.6 Å². The van der Waals surface area contributed by atoms with Gasteiger partial charge in [-0.3, -0.25) is 0 Å². The van der Waals surface area contributed by atoms with Crippen LogP contribution in [0.3, 0.4) is 0 Å². The first kappa shape index (κ1) is 11.9. The zero-order chi connectivity index (χ0) is 13.2. The van der Waals surface area contributed by atoms with Crippen LogP contribution in [0.2, 0.25) is 0 Å². The van der Waals surface area contributed by atoms with Crippen molar-refractivity contribution in [3.05, 3.63) is 59.9 Å². The van der Waals surface area contributed by atoms with Crippen LogP contribution in [0.15, 0.2) is 47.3 Å². The van der Waals surface area contributed by atoms with Gasteiger partial charge in [0.05, 0.1) is 5.69 Å². The quantitative estimate of drug-likeness (QED) is 0.779. The Morgan fingerprint density at radius 3 is 2.84 bits per heavy atom. The second-order valence-electron chi connectivity index (χ2n) is 4.55. The molecule has 0 aliphatic rings. The van der Waals surface area contributed by atoms with Crippen molar-refractivity contribution in [3.8, 4) is 0 Å². The lowest BCUT2D eigenvalue weighted by Gasteiger charge is -2.11. The van der Waals surface area contributed by atoms with Crippen LogP contribution < -0.4 is 5.32 Å². The number of hydrogen-bond donors (Lipinski definition) is 1. The molecule has 1 aromatic carbocycles. The largest absolute Gasteiger partial charge is 0.459 e. The molecule has 3 aromatic rings. The SMILES string of the molecule is CNC(c1ccncn1)c1cc2cc(C)ccc2o1. The van der Waals surface area contributed by atoms with E-state index in [1.165, 1.54) is 5.56 Å². The molecule has 2 aromatic heterocycles. The minimum Gasteiger partial charge on any atom is -0.459 e. The van der Waals surface area contributed by atoms with Gasteiger partial charge in [-0.15, -0.1) is 0 Å². The maximum atomic E-state index is 5.91. The van der Waals surface area contributed by atoms with E-state index in [-0.39, 0.29) is 6.04 Å². The summed E-state index contributed by atoms with van der Waals surface area (Å²) >= 11 is 0. The molecular weight excluding hydrogens is 238 g/mol. The number of nitrogens with one attached hydrogen (secondary N) is 1. The summed E-state index contributed by atoms with van der Waals surface area (Å²) < 4.78 is 5.91. The van der Waals surface area contributed by atoms with Gasteiger partial charge in [0.1, 0.15) is 23.7 Å². The van der Waals surface area contributed by atoms with E-state index in [1.54, 1.807) is 12.5 Å². The Bertz CT molecular complexity index is 691. The highest BCUT2D eigenvalue weighted by Gasteiger charge is 2.17. The van der Waals surface area contributed by atoms with Crippen molar-refractivity contribution in [2.24, 2.45) is 0 Å². The zero-order valence-corrected chi connectivity index (χ0v) is 10.9. The van der Waals surface area contributed by atoms with Crippen molar-refractivity contribution in [3.63, 3.8) is 0 Å². The third-order valence-corrected chi connectivity index (χ3v) is 3.16. The van der Waals surface area contributed by atoms with Gasteiger partial charge in [-0.2, -0.15) is 0 Å². The van der Waals surface area contributed by atoms with E-state index in [0.717, 1.165) is 22.4 Å². The Morgan fingerprint density at radius 2 is 2.11 bits per heavy atom. The monoisotopic (exact) mass is 253 g/mol. The van der Waals surface area contributed by atoms with Crippen molar-refractivity contribution in [1.29, 1.82) is 0 Å². The van der Waals surface area contributed by atoms with Crippen LogP contribution in [-0.2, 0) is 0 Å². The second kappa shape index (κ2) is 4.82. The Balaban J connectivity index is 2.07. The lowest BCUT2D eigenvalue weighted by molar-refractivity contribution is 0.485. The summed E-state index contributed by atoms with van der Waals surface area (Å²) in [6, 6.07) is 10.1. The van der Waals surface area contributed by atoms with Crippen molar-refractivity contribution < 1.29 is 4.42 Å². The molecule has 0 saturated heterocycles. The fraction of sp³-hybridized carbons (Fsp3) is 0.200. The molecule has 1 unspecified atom stereocenters. The number of aryl methyl sites for hydroxylation is 1. The molecule has 0 radical (unpaired) electrons. The van der Waals surface area contributed by atoms with Gasteiger partial charge >= 0.3 is 0 Å². The summed E-state index contributed by atoms with van der Waals surface area (Å²) in [5, 5.41) is 4.34. The number of hydrogen-bond acceptors (Lipinski definition) is 4. The van der Waals surface area contributed by atoms with Crippen LogP contribution in [0.5, 0.6) is 0 Å². The molecule has 2 heterocycles. The van der Waals surface area contributed by atoms with Gasteiger partial charge in [-0.25, -0.2) is 9.97 Å². The minimum absolute atomic E-state index is 0.0595. The van der Waals surface area contributed by atoms with Gasteiger partial charge in [-0.05, 0) is 38.2 Å². The fourth-order valence-corrected chi connectivity index (χ4v) is 2.23. The molecule has 0 bridgehead atoms. The van der Waals surface area contributed by atoms with E-state index in [0.29, 0.717) is 0 Å². The van der Waals surface area contributed by atoms with E-state index in [1.807, 2.05) is 19.2 Å². The summed E-state index contributed by atoms with van der Waals surface area (Å²) in [7, 11) is 1.89. The number of benzene rings is 1. The van der Waals surface area contributed by atoms with Crippen molar-refractivity contribution >= 4 is 11.0 Å². The maximum absolute atomic E-state index is 5.91. The highest BCUT2D eigenvalue weighted by atomic mass is 16.3. The van der Waals surface area contributed by atoms with E-state index in [2.05, 4.69) is 40.4 Å². The third kappa shape index (κ3) is 2.22. The molecule has 0 aliphatic carbocycles. The second-order valence-corrected chi connectivity index (χ2v) is 4.55. The molecule has 1 atom stereocenters. The first-order valence-corrected chi connectivity index (χ1v) is 6.21. The predicted octanol–water partition coefficient (Wildman–Crippen LogP) is 2.84. The molecule has 0 fully saturated rings. The standard InChI is InChI=1S/C15H15N3O/c1-10-3-4-13-11(7-10)8-14(19-13)15(16-2)12-5-6-17-9-18-12/h3-9,15-16H,1-2H3. The summed E-state index contributed by atoms with van der Waals surface area (Å²) in [5.74, 6) is 0.863. The van der Waals surface area contributed by atoms with Crippen molar-refractivity contribution in [2.45, 2.75) is 13.0 Å². The topological polar surface area (TPSA) is 51.0 Å². The van der Waals surface area contributed by atoms with E-state index < -0.39 is 0 Å². The van der Waals surface area contributed by atoms with Crippen LogP contribution in [-0.4, -0.2) is 17.0 Å². The molecule has 3 rings (SSSR count). The summed E-state index contributed by atoms with van der Waals surface area (Å²) in [6.07, 6.45) is 3.28. The maximum Gasteiger partial charge on any atom is 0.134 e. The highest BCUT2D eigenvalue weighted by molar-refractivity contribution is 5.78. The summed E-state index contributed by atoms with van der Waals surface area (Å²) in [5.41, 5.74) is 3.02. The molecule has 0 saturated carbocycles. The number of furan rings is 1. The molecular formula is C15H15N3O. The Morgan fingerprint density at radius 1 is 1.21 bits per heavy atom. The highest BCUT2D eigenvalue weighted by Crippen LogP contribution is 2.27. The van der Waals surface area contributed by atoms with Crippen LogP contribution in [0, 0.1) is 6.92 Å². The van der Waals surface area contributed by atoms with Crippen LogP contribution in [0.25, 0.3) is 11.0 Å². The Labute approximate surface area is 111 Å². The van der Waals surface area contributed by atoms with Crippen molar-refractivity contribution in [2.75, 3.05) is 7.05 Å². The lowest BCUT2D eigenvalue weighted by Crippen LogP contribution is -2.18. The van der Waals surface area contributed by atoms with Crippen molar-refractivity contribution in [1.82, 2.24) is 15.3 Å². The summed E-state index contributed by atoms with van der Waals surface area (Å²) in [4.78, 5) is 8.22. The molecule has 1 N–H and O–H groups in total. The smallest absolute Gasteiger partial charge is 0.134 e.